The highest BCUT2D eigenvalue weighted by Crippen LogP contribution is 2.33. The fraction of sp³-hybridized carbons (Fsp3) is 0.700. The van der Waals surface area contributed by atoms with E-state index in [-0.39, 0.29) is 11.0 Å². The third kappa shape index (κ3) is 2.39. The molecule has 94 valence electrons. The van der Waals surface area contributed by atoms with Crippen LogP contribution in [0.15, 0.2) is 6.20 Å². The Labute approximate surface area is 104 Å². The van der Waals surface area contributed by atoms with Gasteiger partial charge in [-0.2, -0.15) is 0 Å². The maximum Gasteiger partial charge on any atom is 0.345 e. The smallest absolute Gasteiger partial charge is 0.343 e. The third-order valence-corrected chi connectivity index (χ3v) is 4.25. The lowest BCUT2D eigenvalue weighted by atomic mass is 9.91. The van der Waals surface area contributed by atoms with Crippen LogP contribution in [0.3, 0.4) is 0 Å². The van der Waals surface area contributed by atoms with Crippen molar-refractivity contribution in [2.45, 2.75) is 25.8 Å². The minimum atomic E-state index is -0.397. The lowest BCUT2D eigenvalue weighted by Gasteiger charge is -2.39. The SMILES string of the molecule is CC1CCCN(c2ncc([N+](=O)[O-])s2)C1CN. The first-order valence-electron chi connectivity index (χ1n) is 5.70. The number of aromatic nitrogens is 1. The van der Waals surface area contributed by atoms with E-state index in [9.17, 15) is 10.1 Å². The number of nitrogens with zero attached hydrogens (tertiary/aromatic N) is 3. The lowest BCUT2D eigenvalue weighted by Crippen LogP contribution is -2.48. The second-order valence-corrected chi connectivity index (χ2v) is 5.34. The van der Waals surface area contributed by atoms with Crippen molar-refractivity contribution in [2.75, 3.05) is 18.0 Å². The zero-order valence-corrected chi connectivity index (χ0v) is 10.5. The predicted octanol–water partition coefficient (Wildman–Crippen LogP) is 1.61. The summed E-state index contributed by atoms with van der Waals surface area (Å²) in [4.78, 5) is 16.5. The Balaban J connectivity index is 2.21. The van der Waals surface area contributed by atoms with Gasteiger partial charge in [0.15, 0.2) is 5.13 Å². The van der Waals surface area contributed by atoms with Crippen LogP contribution < -0.4 is 10.6 Å². The van der Waals surface area contributed by atoms with Crippen LogP contribution in [0, 0.1) is 16.0 Å². The molecule has 2 rings (SSSR count). The third-order valence-electron chi connectivity index (χ3n) is 3.26. The molecule has 2 N–H and O–H groups in total. The van der Waals surface area contributed by atoms with Crippen LogP contribution in [0.4, 0.5) is 10.1 Å². The number of nitro groups is 1. The highest BCUT2D eigenvalue weighted by atomic mass is 32.1. The van der Waals surface area contributed by atoms with Crippen molar-refractivity contribution >= 4 is 21.5 Å². The van der Waals surface area contributed by atoms with Gasteiger partial charge in [0.2, 0.25) is 0 Å². The van der Waals surface area contributed by atoms with E-state index in [0.717, 1.165) is 35.9 Å². The zero-order chi connectivity index (χ0) is 12.4. The highest BCUT2D eigenvalue weighted by Gasteiger charge is 2.30. The number of thiazole rings is 1. The van der Waals surface area contributed by atoms with E-state index in [0.29, 0.717) is 12.5 Å². The molecule has 1 aliphatic heterocycles. The first-order valence-corrected chi connectivity index (χ1v) is 6.52. The summed E-state index contributed by atoms with van der Waals surface area (Å²) < 4.78 is 0. The van der Waals surface area contributed by atoms with Crippen molar-refractivity contribution < 1.29 is 4.92 Å². The molecule has 6 nitrogen and oxygen atoms in total. The Morgan fingerprint density at radius 1 is 1.76 bits per heavy atom. The van der Waals surface area contributed by atoms with Crippen LogP contribution in [-0.4, -0.2) is 29.0 Å². The Morgan fingerprint density at radius 3 is 3.12 bits per heavy atom. The summed E-state index contributed by atoms with van der Waals surface area (Å²) in [5.74, 6) is 0.511. The number of rotatable bonds is 3. The van der Waals surface area contributed by atoms with E-state index >= 15 is 0 Å². The molecular weight excluding hydrogens is 240 g/mol. The molecule has 0 bridgehead atoms. The van der Waals surface area contributed by atoms with Gasteiger partial charge in [0.05, 0.1) is 4.92 Å². The normalized spacial score (nSPS) is 24.9. The summed E-state index contributed by atoms with van der Waals surface area (Å²) in [6.45, 7) is 3.62. The molecule has 0 amide bonds. The summed E-state index contributed by atoms with van der Waals surface area (Å²) >= 11 is 1.13. The van der Waals surface area contributed by atoms with Gasteiger partial charge in [0.1, 0.15) is 6.20 Å². The van der Waals surface area contributed by atoms with Gasteiger partial charge >= 0.3 is 5.00 Å². The first kappa shape index (κ1) is 12.3. The van der Waals surface area contributed by atoms with Crippen LogP contribution >= 0.6 is 11.3 Å². The monoisotopic (exact) mass is 256 g/mol. The van der Waals surface area contributed by atoms with Crippen LogP contribution in [0.1, 0.15) is 19.8 Å². The van der Waals surface area contributed by atoms with Crippen molar-refractivity contribution in [1.29, 1.82) is 0 Å². The fourth-order valence-corrected chi connectivity index (χ4v) is 3.14. The molecule has 2 atom stereocenters. The minimum absolute atomic E-state index is 0.0917. The number of hydrogen-bond acceptors (Lipinski definition) is 6. The van der Waals surface area contributed by atoms with Gasteiger partial charge in [-0.25, -0.2) is 4.98 Å². The van der Waals surface area contributed by atoms with Gasteiger partial charge in [-0.3, -0.25) is 10.1 Å². The van der Waals surface area contributed by atoms with Gasteiger partial charge in [0, 0.05) is 19.1 Å². The standard InChI is InChI=1S/C10H16N4O2S/c1-7-3-2-4-13(8(7)5-11)10-12-6-9(17-10)14(15)16/h6-8H,2-5,11H2,1H3. The molecule has 0 saturated carbocycles. The Hall–Kier alpha value is -1.21. The topological polar surface area (TPSA) is 85.3 Å². The van der Waals surface area contributed by atoms with Gasteiger partial charge in [0.25, 0.3) is 0 Å². The first-order chi connectivity index (χ1) is 8.13. The Morgan fingerprint density at radius 2 is 2.53 bits per heavy atom. The summed E-state index contributed by atoms with van der Waals surface area (Å²) in [5, 5.41) is 11.5. The van der Waals surface area contributed by atoms with Gasteiger partial charge in [-0.05, 0) is 30.1 Å². The summed E-state index contributed by atoms with van der Waals surface area (Å²) in [6.07, 6.45) is 3.57. The minimum Gasteiger partial charge on any atom is -0.343 e. The molecule has 1 aromatic heterocycles. The molecule has 1 fully saturated rings. The van der Waals surface area contributed by atoms with Crippen molar-refractivity contribution in [2.24, 2.45) is 11.7 Å². The molecule has 17 heavy (non-hydrogen) atoms. The summed E-state index contributed by atoms with van der Waals surface area (Å²) in [5.41, 5.74) is 5.79. The fourth-order valence-electron chi connectivity index (χ4n) is 2.32. The number of nitrogens with two attached hydrogens (primary N) is 1. The average molecular weight is 256 g/mol. The van der Waals surface area contributed by atoms with E-state index in [2.05, 4.69) is 16.8 Å². The maximum atomic E-state index is 10.6. The lowest BCUT2D eigenvalue weighted by molar-refractivity contribution is -0.380. The van der Waals surface area contributed by atoms with Crippen LogP contribution in [0.2, 0.25) is 0 Å². The maximum absolute atomic E-state index is 10.6. The molecule has 7 heteroatoms. The average Bonchev–Trinajstić information content (AvgIpc) is 2.77. The molecule has 2 heterocycles. The molecular formula is C10H16N4O2S. The largest absolute Gasteiger partial charge is 0.345 e. The van der Waals surface area contributed by atoms with Crippen LogP contribution in [0.25, 0.3) is 0 Å². The quantitative estimate of drug-likeness (QED) is 0.656. The molecule has 1 saturated heterocycles. The van der Waals surface area contributed by atoms with Gasteiger partial charge in [-0.15, -0.1) is 0 Å². The molecule has 1 aliphatic rings. The predicted molar refractivity (Wildman–Crippen MR) is 67.4 cm³/mol. The summed E-state index contributed by atoms with van der Waals surface area (Å²) in [7, 11) is 0. The van der Waals surface area contributed by atoms with E-state index in [1.807, 2.05) is 0 Å². The van der Waals surface area contributed by atoms with Gasteiger partial charge < -0.3 is 10.6 Å². The number of hydrogen-bond donors (Lipinski definition) is 1. The van der Waals surface area contributed by atoms with Crippen molar-refractivity contribution in [3.8, 4) is 0 Å². The number of anilines is 1. The van der Waals surface area contributed by atoms with Crippen molar-refractivity contribution in [1.82, 2.24) is 4.98 Å². The number of piperidine rings is 1. The molecule has 1 aromatic rings. The van der Waals surface area contributed by atoms with Crippen molar-refractivity contribution in [3.63, 3.8) is 0 Å². The van der Waals surface area contributed by atoms with Gasteiger partial charge in [-0.1, -0.05) is 6.92 Å². The van der Waals surface area contributed by atoms with Crippen LogP contribution in [0.5, 0.6) is 0 Å². The molecule has 0 radical (unpaired) electrons. The van der Waals surface area contributed by atoms with E-state index < -0.39 is 4.92 Å². The van der Waals surface area contributed by atoms with E-state index in [1.165, 1.54) is 6.20 Å². The molecule has 2 unspecified atom stereocenters. The van der Waals surface area contributed by atoms with Crippen LogP contribution in [-0.2, 0) is 0 Å². The molecule has 0 spiro atoms. The van der Waals surface area contributed by atoms with E-state index in [1.54, 1.807) is 0 Å². The van der Waals surface area contributed by atoms with Crippen molar-refractivity contribution in [3.05, 3.63) is 16.3 Å². The van der Waals surface area contributed by atoms with E-state index in [4.69, 9.17) is 5.73 Å². The molecule has 0 aliphatic carbocycles. The zero-order valence-electron chi connectivity index (χ0n) is 9.70. The molecule has 0 aromatic carbocycles. The second kappa shape index (κ2) is 4.97. The summed E-state index contributed by atoms with van der Waals surface area (Å²) in [6, 6.07) is 0.245. The second-order valence-electron chi connectivity index (χ2n) is 4.35. The Kier molecular flexibility index (Phi) is 3.58. The Bertz CT molecular complexity index is 409. The highest BCUT2D eigenvalue weighted by molar-refractivity contribution is 7.18.